The molecule has 0 aromatic rings. The highest BCUT2D eigenvalue weighted by Crippen LogP contribution is 2.67. The number of fused-ring (bicyclic) bond motifs is 5. The minimum atomic E-state index is -0.0790. The van der Waals surface area contributed by atoms with Crippen LogP contribution in [0.2, 0.25) is 0 Å². The number of hydrogen-bond donors (Lipinski definition) is 1. The zero-order valence-electron chi connectivity index (χ0n) is 20.0. The lowest BCUT2D eigenvalue weighted by Gasteiger charge is -2.58. The fraction of sp³-hybridized carbons (Fsp3) is 0.862. The van der Waals surface area contributed by atoms with E-state index in [4.69, 9.17) is 0 Å². The van der Waals surface area contributed by atoms with Gasteiger partial charge in [0.25, 0.3) is 0 Å². The SMILES string of the molecule is C[C@H](CC1=CCCCCC1)[C@H]1CC[C@H]2[C@@H]3CC=C4C[C@@H](O)CC[C@]4(C)[C@H]3CC[C@]12C. The smallest absolute Gasteiger partial charge is 0.0577 e. The summed E-state index contributed by atoms with van der Waals surface area (Å²) >= 11 is 0. The summed E-state index contributed by atoms with van der Waals surface area (Å²) in [6, 6.07) is 0. The van der Waals surface area contributed by atoms with Crippen LogP contribution in [-0.2, 0) is 0 Å². The molecule has 1 heteroatoms. The summed E-state index contributed by atoms with van der Waals surface area (Å²) < 4.78 is 0. The average Bonchev–Trinajstić information content (AvgIpc) is 2.88. The Morgan fingerprint density at radius 2 is 1.87 bits per heavy atom. The molecule has 0 aromatic heterocycles. The molecule has 0 aromatic carbocycles. The highest BCUT2D eigenvalue weighted by molar-refractivity contribution is 5.25. The molecule has 0 amide bonds. The van der Waals surface area contributed by atoms with Crippen molar-refractivity contribution >= 4 is 0 Å². The van der Waals surface area contributed by atoms with E-state index in [9.17, 15) is 5.11 Å². The molecule has 5 rings (SSSR count). The number of allylic oxidation sites excluding steroid dienone is 3. The van der Waals surface area contributed by atoms with Crippen molar-refractivity contribution in [3.05, 3.63) is 23.3 Å². The lowest BCUT2D eigenvalue weighted by Crippen LogP contribution is -2.50. The molecule has 0 spiro atoms. The molecule has 1 N–H and O–H groups in total. The van der Waals surface area contributed by atoms with Crippen LogP contribution in [0.4, 0.5) is 0 Å². The van der Waals surface area contributed by atoms with E-state index in [0.29, 0.717) is 10.8 Å². The molecule has 168 valence electrons. The maximum atomic E-state index is 10.3. The molecule has 1 nitrogen and oxygen atoms in total. The monoisotopic (exact) mass is 410 g/mol. The third-order valence-electron chi connectivity index (χ3n) is 11.1. The molecule has 0 heterocycles. The van der Waals surface area contributed by atoms with E-state index in [2.05, 4.69) is 32.9 Å². The van der Waals surface area contributed by atoms with E-state index in [-0.39, 0.29) is 6.10 Å². The molecule has 5 aliphatic rings. The van der Waals surface area contributed by atoms with Crippen molar-refractivity contribution in [3.63, 3.8) is 0 Å². The van der Waals surface area contributed by atoms with Crippen molar-refractivity contribution in [2.24, 2.45) is 40.4 Å². The van der Waals surface area contributed by atoms with Gasteiger partial charge in [0.15, 0.2) is 0 Å². The molecule has 0 unspecified atom stereocenters. The first-order valence-corrected chi connectivity index (χ1v) is 13.5. The van der Waals surface area contributed by atoms with Gasteiger partial charge in [-0.15, -0.1) is 0 Å². The van der Waals surface area contributed by atoms with E-state index in [1.807, 2.05) is 0 Å². The molecule has 8 atom stereocenters. The number of rotatable bonds is 3. The van der Waals surface area contributed by atoms with Gasteiger partial charge < -0.3 is 5.11 Å². The van der Waals surface area contributed by atoms with E-state index in [1.165, 1.54) is 77.0 Å². The van der Waals surface area contributed by atoms with Gasteiger partial charge in [0.05, 0.1) is 6.10 Å². The lowest BCUT2D eigenvalue weighted by atomic mass is 9.47. The molecular formula is C29H46O. The Kier molecular flexibility index (Phi) is 5.74. The van der Waals surface area contributed by atoms with Gasteiger partial charge in [-0.25, -0.2) is 0 Å². The summed E-state index contributed by atoms with van der Waals surface area (Å²) in [5.74, 6) is 4.51. The van der Waals surface area contributed by atoms with Gasteiger partial charge in [0, 0.05) is 0 Å². The van der Waals surface area contributed by atoms with Crippen LogP contribution < -0.4 is 0 Å². The molecule has 0 radical (unpaired) electrons. The van der Waals surface area contributed by atoms with Gasteiger partial charge in [-0.05, 0) is 124 Å². The third-order valence-corrected chi connectivity index (χ3v) is 11.1. The van der Waals surface area contributed by atoms with Crippen LogP contribution in [-0.4, -0.2) is 11.2 Å². The molecule has 5 aliphatic carbocycles. The Bertz CT molecular complexity index is 703. The topological polar surface area (TPSA) is 20.2 Å². The fourth-order valence-corrected chi connectivity index (χ4v) is 9.44. The van der Waals surface area contributed by atoms with Gasteiger partial charge in [-0.3, -0.25) is 0 Å². The zero-order valence-corrected chi connectivity index (χ0v) is 20.0. The Balaban J connectivity index is 1.33. The van der Waals surface area contributed by atoms with Crippen LogP contribution in [0.15, 0.2) is 23.3 Å². The largest absolute Gasteiger partial charge is 0.393 e. The lowest BCUT2D eigenvalue weighted by molar-refractivity contribution is -0.0566. The maximum absolute atomic E-state index is 10.3. The Labute approximate surface area is 185 Å². The molecule has 3 saturated carbocycles. The van der Waals surface area contributed by atoms with Crippen molar-refractivity contribution in [1.82, 2.24) is 0 Å². The molecular weight excluding hydrogens is 364 g/mol. The highest BCUT2D eigenvalue weighted by atomic mass is 16.3. The van der Waals surface area contributed by atoms with Gasteiger partial charge in [-0.1, -0.05) is 50.5 Å². The average molecular weight is 411 g/mol. The van der Waals surface area contributed by atoms with Gasteiger partial charge in [0.1, 0.15) is 0 Å². The Morgan fingerprint density at radius 1 is 1.00 bits per heavy atom. The second kappa shape index (κ2) is 8.09. The van der Waals surface area contributed by atoms with E-state index in [1.54, 1.807) is 11.1 Å². The second-order valence-corrected chi connectivity index (χ2v) is 12.5. The third kappa shape index (κ3) is 3.46. The first-order chi connectivity index (χ1) is 14.4. The van der Waals surface area contributed by atoms with Gasteiger partial charge in [-0.2, -0.15) is 0 Å². The van der Waals surface area contributed by atoms with Crippen molar-refractivity contribution in [1.29, 1.82) is 0 Å². The standard InChI is InChI=1S/C29H46O/c1-20(18-21-8-6-4-5-7-9-21)25-12-13-26-24-11-10-22-19-23(30)14-16-28(22,2)27(24)15-17-29(25,26)3/h8,10,20,23-27,30H,4-7,9,11-19H2,1-3H3/t20-,23+,24+,25-,26+,27+,28+,29-/m1/s1. The first-order valence-electron chi connectivity index (χ1n) is 13.5. The molecule has 30 heavy (non-hydrogen) atoms. The Hall–Kier alpha value is -0.560. The van der Waals surface area contributed by atoms with Crippen molar-refractivity contribution < 1.29 is 5.11 Å². The summed E-state index contributed by atoms with van der Waals surface area (Å²) in [4.78, 5) is 0. The van der Waals surface area contributed by atoms with E-state index >= 15 is 0 Å². The van der Waals surface area contributed by atoms with Gasteiger partial charge in [0.2, 0.25) is 0 Å². The minimum Gasteiger partial charge on any atom is -0.393 e. The summed E-state index contributed by atoms with van der Waals surface area (Å²) in [6.07, 6.45) is 23.8. The first kappa shape index (κ1) is 21.3. The fourth-order valence-electron chi connectivity index (χ4n) is 9.44. The van der Waals surface area contributed by atoms with Crippen LogP contribution >= 0.6 is 0 Å². The van der Waals surface area contributed by atoms with Crippen molar-refractivity contribution in [3.8, 4) is 0 Å². The highest BCUT2D eigenvalue weighted by Gasteiger charge is 2.59. The summed E-state index contributed by atoms with van der Waals surface area (Å²) in [5, 5.41) is 10.3. The molecule has 0 aliphatic heterocycles. The zero-order chi connectivity index (χ0) is 20.9. The Morgan fingerprint density at radius 3 is 2.73 bits per heavy atom. The predicted octanol–water partition coefficient (Wildman–Crippen LogP) is 7.84. The second-order valence-electron chi connectivity index (χ2n) is 12.5. The molecule has 3 fully saturated rings. The van der Waals surface area contributed by atoms with Crippen LogP contribution in [0.25, 0.3) is 0 Å². The summed E-state index contributed by atoms with van der Waals surface area (Å²) in [6.45, 7) is 7.87. The predicted molar refractivity (Wildman–Crippen MR) is 126 cm³/mol. The maximum Gasteiger partial charge on any atom is 0.0577 e. The summed E-state index contributed by atoms with van der Waals surface area (Å²) in [5.41, 5.74) is 4.37. The van der Waals surface area contributed by atoms with E-state index in [0.717, 1.165) is 42.4 Å². The molecule has 0 bridgehead atoms. The van der Waals surface area contributed by atoms with Crippen LogP contribution in [0.5, 0.6) is 0 Å². The van der Waals surface area contributed by atoms with E-state index < -0.39 is 0 Å². The minimum absolute atomic E-state index is 0.0790. The number of aliphatic hydroxyl groups excluding tert-OH is 1. The normalized spacial score (nSPS) is 47.3. The molecule has 0 saturated heterocycles. The van der Waals surface area contributed by atoms with Gasteiger partial charge >= 0.3 is 0 Å². The van der Waals surface area contributed by atoms with Crippen molar-refractivity contribution in [2.45, 2.75) is 117 Å². The van der Waals surface area contributed by atoms with Crippen LogP contribution in [0.1, 0.15) is 111 Å². The quantitative estimate of drug-likeness (QED) is 0.470. The van der Waals surface area contributed by atoms with Crippen LogP contribution in [0.3, 0.4) is 0 Å². The number of aliphatic hydroxyl groups is 1. The van der Waals surface area contributed by atoms with Crippen LogP contribution in [0, 0.1) is 40.4 Å². The number of hydrogen-bond acceptors (Lipinski definition) is 1. The van der Waals surface area contributed by atoms with Crippen molar-refractivity contribution in [2.75, 3.05) is 0 Å². The summed E-state index contributed by atoms with van der Waals surface area (Å²) in [7, 11) is 0.